The van der Waals surface area contributed by atoms with Gasteiger partial charge in [0, 0.05) is 32.6 Å². The maximum Gasteiger partial charge on any atom is 0.416 e. The number of rotatable bonds is 7. The third kappa shape index (κ3) is 7.68. The van der Waals surface area contributed by atoms with E-state index in [2.05, 4.69) is 15.6 Å². The SMILES string of the molecule is CCNC(=NCc1cccc(CN2CCCC2=O)c1)NCc1cccc(C(F)(F)F)c1.I. The van der Waals surface area contributed by atoms with Crippen LogP contribution < -0.4 is 10.6 Å². The predicted octanol–water partition coefficient (Wildman–Crippen LogP) is 4.70. The molecule has 1 fully saturated rings. The number of likely N-dealkylation sites (tertiary alicyclic amines) is 1. The van der Waals surface area contributed by atoms with Crippen LogP contribution in [0.1, 0.15) is 42.0 Å². The number of nitrogens with one attached hydrogen (secondary N) is 2. The number of aliphatic imine (C=N–C) groups is 1. The van der Waals surface area contributed by atoms with Crippen molar-refractivity contribution < 1.29 is 18.0 Å². The van der Waals surface area contributed by atoms with Crippen LogP contribution in [-0.2, 0) is 30.6 Å². The van der Waals surface area contributed by atoms with E-state index in [1.54, 1.807) is 6.07 Å². The molecule has 5 nitrogen and oxygen atoms in total. The van der Waals surface area contributed by atoms with E-state index >= 15 is 0 Å². The highest BCUT2D eigenvalue weighted by Gasteiger charge is 2.30. The zero-order valence-corrected chi connectivity index (χ0v) is 20.2. The highest BCUT2D eigenvalue weighted by atomic mass is 127. The van der Waals surface area contributed by atoms with E-state index in [0.717, 1.165) is 36.2 Å². The van der Waals surface area contributed by atoms with Crippen molar-refractivity contribution in [3.63, 3.8) is 0 Å². The monoisotopic (exact) mass is 560 g/mol. The molecule has 0 saturated carbocycles. The lowest BCUT2D eigenvalue weighted by atomic mass is 10.1. The van der Waals surface area contributed by atoms with Gasteiger partial charge in [-0.25, -0.2) is 4.99 Å². The lowest BCUT2D eigenvalue weighted by Gasteiger charge is -2.16. The van der Waals surface area contributed by atoms with E-state index in [1.807, 2.05) is 36.1 Å². The van der Waals surface area contributed by atoms with Crippen molar-refractivity contribution in [2.24, 2.45) is 4.99 Å². The van der Waals surface area contributed by atoms with Crippen LogP contribution >= 0.6 is 24.0 Å². The summed E-state index contributed by atoms with van der Waals surface area (Å²) in [5.41, 5.74) is 1.92. The largest absolute Gasteiger partial charge is 0.416 e. The van der Waals surface area contributed by atoms with Gasteiger partial charge in [0.15, 0.2) is 5.96 Å². The summed E-state index contributed by atoms with van der Waals surface area (Å²) in [5, 5.41) is 6.19. The molecule has 0 aromatic heterocycles. The molecule has 1 saturated heterocycles. The average Bonchev–Trinajstić information content (AvgIpc) is 3.14. The second-order valence-corrected chi connectivity index (χ2v) is 7.49. The summed E-state index contributed by atoms with van der Waals surface area (Å²) in [4.78, 5) is 18.3. The maximum atomic E-state index is 12.9. The van der Waals surface area contributed by atoms with E-state index in [4.69, 9.17) is 0 Å². The summed E-state index contributed by atoms with van der Waals surface area (Å²) in [6.07, 6.45) is -2.83. The van der Waals surface area contributed by atoms with Crippen LogP contribution in [0.3, 0.4) is 0 Å². The number of hydrogen-bond donors (Lipinski definition) is 2. The van der Waals surface area contributed by atoms with Crippen LogP contribution in [0.15, 0.2) is 53.5 Å². The number of nitrogens with zero attached hydrogens (tertiary/aromatic N) is 2. The second kappa shape index (κ2) is 12.1. The molecule has 9 heteroatoms. The van der Waals surface area contributed by atoms with Gasteiger partial charge < -0.3 is 15.5 Å². The van der Waals surface area contributed by atoms with Crippen molar-refractivity contribution >= 4 is 35.8 Å². The molecule has 1 heterocycles. The van der Waals surface area contributed by atoms with Crippen LogP contribution in [0.25, 0.3) is 0 Å². The first kappa shape index (κ1) is 26.0. The third-order valence-electron chi connectivity index (χ3n) is 5.01. The van der Waals surface area contributed by atoms with Crippen molar-refractivity contribution in [3.8, 4) is 0 Å². The number of carbonyl (C=O) groups is 1. The molecule has 0 aliphatic carbocycles. The Balaban J connectivity index is 0.00000363. The molecule has 0 atom stereocenters. The normalized spacial score (nSPS) is 14.3. The molecule has 1 aliphatic heterocycles. The van der Waals surface area contributed by atoms with Gasteiger partial charge in [-0.1, -0.05) is 36.4 Å². The van der Waals surface area contributed by atoms with E-state index in [0.29, 0.717) is 37.6 Å². The summed E-state index contributed by atoms with van der Waals surface area (Å²) in [5.74, 6) is 0.719. The van der Waals surface area contributed by atoms with E-state index in [1.165, 1.54) is 6.07 Å². The fourth-order valence-corrected chi connectivity index (χ4v) is 3.47. The number of carbonyl (C=O) groups excluding carboxylic acids is 1. The Bertz CT molecular complexity index is 933. The van der Waals surface area contributed by atoms with Gasteiger partial charge in [0.2, 0.25) is 5.91 Å². The summed E-state index contributed by atoms with van der Waals surface area (Å²) in [7, 11) is 0. The summed E-state index contributed by atoms with van der Waals surface area (Å²) < 4.78 is 38.7. The predicted molar refractivity (Wildman–Crippen MR) is 130 cm³/mol. The number of guanidine groups is 1. The van der Waals surface area contributed by atoms with Crippen LogP contribution in [0.5, 0.6) is 0 Å². The van der Waals surface area contributed by atoms with Gasteiger partial charge >= 0.3 is 6.18 Å². The molecule has 1 amide bonds. The van der Waals surface area contributed by atoms with Crippen molar-refractivity contribution in [2.75, 3.05) is 13.1 Å². The molecule has 0 bridgehead atoms. The highest BCUT2D eigenvalue weighted by molar-refractivity contribution is 14.0. The first-order valence-electron chi connectivity index (χ1n) is 10.4. The van der Waals surface area contributed by atoms with Gasteiger partial charge in [0.05, 0.1) is 12.1 Å². The zero-order chi connectivity index (χ0) is 22.3. The Morgan fingerprint density at radius 2 is 1.78 bits per heavy atom. The number of halogens is 4. The van der Waals surface area contributed by atoms with Crippen molar-refractivity contribution in [3.05, 3.63) is 70.8 Å². The van der Waals surface area contributed by atoms with Crippen LogP contribution in [0, 0.1) is 0 Å². The Morgan fingerprint density at radius 3 is 2.47 bits per heavy atom. The summed E-state index contributed by atoms with van der Waals surface area (Å²) in [6.45, 7) is 4.60. The van der Waals surface area contributed by atoms with Gasteiger partial charge in [-0.2, -0.15) is 13.2 Å². The molecule has 0 radical (unpaired) electrons. The molecule has 2 aromatic carbocycles. The Hall–Kier alpha value is -2.30. The van der Waals surface area contributed by atoms with Crippen LogP contribution in [-0.4, -0.2) is 29.9 Å². The van der Waals surface area contributed by atoms with Gasteiger partial charge in [-0.3, -0.25) is 4.79 Å². The molecular weight excluding hydrogens is 532 g/mol. The molecule has 0 spiro atoms. The molecular formula is C23H28F3IN4O. The number of hydrogen-bond acceptors (Lipinski definition) is 2. The minimum atomic E-state index is -4.36. The molecule has 0 unspecified atom stereocenters. The Kier molecular flexibility index (Phi) is 9.80. The van der Waals surface area contributed by atoms with Gasteiger partial charge in [-0.15, -0.1) is 24.0 Å². The van der Waals surface area contributed by atoms with Crippen LogP contribution in [0.2, 0.25) is 0 Å². The van der Waals surface area contributed by atoms with Crippen molar-refractivity contribution in [2.45, 2.75) is 45.6 Å². The third-order valence-corrected chi connectivity index (χ3v) is 5.01. The molecule has 1 aliphatic rings. The second-order valence-electron chi connectivity index (χ2n) is 7.49. The highest BCUT2D eigenvalue weighted by Crippen LogP contribution is 2.29. The molecule has 2 aromatic rings. The maximum absolute atomic E-state index is 12.9. The molecule has 2 N–H and O–H groups in total. The van der Waals surface area contributed by atoms with E-state index in [-0.39, 0.29) is 36.4 Å². The lowest BCUT2D eigenvalue weighted by Crippen LogP contribution is -2.36. The fraction of sp³-hybridized carbons (Fsp3) is 0.391. The molecule has 3 rings (SSSR count). The average molecular weight is 560 g/mol. The van der Waals surface area contributed by atoms with Crippen molar-refractivity contribution in [1.82, 2.24) is 15.5 Å². The first-order chi connectivity index (χ1) is 14.8. The summed E-state index contributed by atoms with van der Waals surface area (Å²) in [6, 6.07) is 13.2. The number of benzene rings is 2. The summed E-state index contributed by atoms with van der Waals surface area (Å²) >= 11 is 0. The lowest BCUT2D eigenvalue weighted by molar-refractivity contribution is -0.137. The van der Waals surface area contributed by atoms with Crippen molar-refractivity contribution in [1.29, 1.82) is 0 Å². The smallest absolute Gasteiger partial charge is 0.357 e. The zero-order valence-electron chi connectivity index (χ0n) is 17.9. The Morgan fingerprint density at radius 1 is 1.06 bits per heavy atom. The van der Waals surface area contributed by atoms with E-state index < -0.39 is 11.7 Å². The van der Waals surface area contributed by atoms with E-state index in [9.17, 15) is 18.0 Å². The number of amides is 1. The quantitative estimate of drug-likeness (QED) is 0.294. The Labute approximate surface area is 203 Å². The fourth-order valence-electron chi connectivity index (χ4n) is 3.47. The minimum absolute atomic E-state index is 0. The molecule has 32 heavy (non-hydrogen) atoms. The topological polar surface area (TPSA) is 56.7 Å². The van der Waals surface area contributed by atoms with Crippen LogP contribution in [0.4, 0.5) is 13.2 Å². The first-order valence-corrected chi connectivity index (χ1v) is 10.4. The van der Waals surface area contributed by atoms with Gasteiger partial charge in [0.1, 0.15) is 0 Å². The van der Waals surface area contributed by atoms with Gasteiger partial charge in [0.25, 0.3) is 0 Å². The molecule has 174 valence electrons. The minimum Gasteiger partial charge on any atom is -0.357 e. The number of alkyl halides is 3. The van der Waals surface area contributed by atoms with Gasteiger partial charge in [-0.05, 0) is 42.2 Å². The standard InChI is InChI=1S/C23H27F3N4O.HI/c1-2-27-22(29-15-18-7-4-9-20(13-18)23(24,25)26)28-14-17-6-3-8-19(12-17)16-30-11-5-10-21(30)31;/h3-4,6-9,12-13H,2,5,10-11,14-16H2,1H3,(H2,27,28,29);1H.